The Morgan fingerprint density at radius 2 is 2.20 bits per heavy atom. The number of pyridine rings is 1. The molecule has 2 heterocycles. The van der Waals surface area contributed by atoms with Crippen molar-refractivity contribution in [3.05, 3.63) is 40.3 Å². The highest BCUT2D eigenvalue weighted by Gasteiger charge is 2.19. The van der Waals surface area contributed by atoms with E-state index in [1.807, 2.05) is 31.3 Å². The molecule has 1 aromatic carbocycles. The zero-order valence-electron chi connectivity index (χ0n) is 11.9. The number of aryl methyl sites for hydroxylation is 1. The molecule has 1 unspecified atom stereocenters. The van der Waals surface area contributed by atoms with Gasteiger partial charge in [-0.2, -0.15) is 0 Å². The Kier molecular flexibility index (Phi) is 3.49. The molecular formula is C16H19NO3. The van der Waals surface area contributed by atoms with Crippen LogP contribution in [0, 0.1) is 6.92 Å². The highest BCUT2D eigenvalue weighted by molar-refractivity contribution is 5.87. The molecule has 4 nitrogen and oxygen atoms in total. The highest BCUT2D eigenvalue weighted by Crippen LogP contribution is 2.26. The van der Waals surface area contributed by atoms with Gasteiger partial charge >= 0.3 is 0 Å². The van der Waals surface area contributed by atoms with Crippen LogP contribution in [0.15, 0.2) is 29.2 Å². The molecule has 0 aliphatic carbocycles. The third-order valence-electron chi connectivity index (χ3n) is 3.91. The molecule has 0 spiro atoms. The van der Waals surface area contributed by atoms with Gasteiger partial charge in [-0.1, -0.05) is 17.7 Å². The standard InChI is InChI=1S/C16H19NO3/c1-11-5-6-13-14(8-11)16(18)17(9-15(13)19-2)12-4-3-7-20-10-12/h5-6,8-9,12H,3-4,7,10H2,1-2H3. The first kappa shape index (κ1) is 13.2. The van der Waals surface area contributed by atoms with Crippen LogP contribution in [0.2, 0.25) is 0 Å². The molecule has 1 fully saturated rings. The maximum Gasteiger partial charge on any atom is 0.259 e. The van der Waals surface area contributed by atoms with Gasteiger partial charge in [0.1, 0.15) is 5.75 Å². The number of ether oxygens (including phenoxy) is 2. The minimum atomic E-state index is 0.0417. The van der Waals surface area contributed by atoms with Gasteiger partial charge in [0.25, 0.3) is 5.56 Å². The molecule has 1 aliphatic rings. The Balaban J connectivity index is 2.22. The minimum absolute atomic E-state index is 0.0417. The van der Waals surface area contributed by atoms with Gasteiger partial charge < -0.3 is 14.0 Å². The summed E-state index contributed by atoms with van der Waals surface area (Å²) in [5.74, 6) is 0.741. The van der Waals surface area contributed by atoms with E-state index in [0.29, 0.717) is 6.61 Å². The predicted octanol–water partition coefficient (Wildman–Crippen LogP) is 2.67. The Morgan fingerprint density at radius 1 is 1.35 bits per heavy atom. The minimum Gasteiger partial charge on any atom is -0.495 e. The summed E-state index contributed by atoms with van der Waals surface area (Å²) in [6.07, 6.45) is 3.78. The van der Waals surface area contributed by atoms with Crippen molar-refractivity contribution in [1.82, 2.24) is 4.57 Å². The molecule has 0 N–H and O–H groups in total. The van der Waals surface area contributed by atoms with Crippen LogP contribution >= 0.6 is 0 Å². The fourth-order valence-corrected chi connectivity index (χ4v) is 2.82. The fraction of sp³-hybridized carbons (Fsp3) is 0.438. The van der Waals surface area contributed by atoms with Crippen LogP contribution in [-0.2, 0) is 4.74 Å². The first-order valence-corrected chi connectivity index (χ1v) is 6.98. The molecule has 1 aliphatic heterocycles. The van der Waals surface area contributed by atoms with Crippen LogP contribution in [0.4, 0.5) is 0 Å². The van der Waals surface area contributed by atoms with Crippen molar-refractivity contribution in [3.8, 4) is 5.75 Å². The van der Waals surface area contributed by atoms with Crippen molar-refractivity contribution >= 4 is 10.8 Å². The number of benzene rings is 1. The molecule has 0 bridgehead atoms. The number of methoxy groups -OCH3 is 1. The van der Waals surface area contributed by atoms with Crippen LogP contribution in [-0.4, -0.2) is 24.9 Å². The van der Waals surface area contributed by atoms with Gasteiger partial charge in [0.2, 0.25) is 0 Å². The van der Waals surface area contributed by atoms with Crippen molar-refractivity contribution < 1.29 is 9.47 Å². The molecule has 2 aromatic rings. The van der Waals surface area contributed by atoms with E-state index < -0.39 is 0 Å². The second kappa shape index (κ2) is 5.29. The van der Waals surface area contributed by atoms with E-state index in [1.54, 1.807) is 11.7 Å². The molecule has 20 heavy (non-hydrogen) atoms. The summed E-state index contributed by atoms with van der Waals surface area (Å²) in [4.78, 5) is 12.7. The summed E-state index contributed by atoms with van der Waals surface area (Å²) < 4.78 is 12.7. The van der Waals surface area contributed by atoms with Gasteiger partial charge in [0.15, 0.2) is 0 Å². The number of nitrogens with zero attached hydrogens (tertiary/aromatic N) is 1. The first-order chi connectivity index (χ1) is 9.70. The van der Waals surface area contributed by atoms with Crippen molar-refractivity contribution in [3.63, 3.8) is 0 Å². The van der Waals surface area contributed by atoms with Gasteiger partial charge in [-0.15, -0.1) is 0 Å². The second-order valence-electron chi connectivity index (χ2n) is 5.33. The Bertz CT molecular complexity index is 684. The van der Waals surface area contributed by atoms with Crippen molar-refractivity contribution in [2.45, 2.75) is 25.8 Å². The average Bonchev–Trinajstić information content (AvgIpc) is 2.49. The predicted molar refractivity (Wildman–Crippen MR) is 78.6 cm³/mol. The molecule has 1 saturated heterocycles. The SMILES string of the molecule is COc1cn(C2CCCOC2)c(=O)c2cc(C)ccc12. The highest BCUT2D eigenvalue weighted by atomic mass is 16.5. The van der Waals surface area contributed by atoms with Crippen LogP contribution in [0.1, 0.15) is 24.4 Å². The molecule has 3 rings (SSSR count). The molecule has 1 aromatic heterocycles. The lowest BCUT2D eigenvalue weighted by Crippen LogP contribution is -2.30. The van der Waals surface area contributed by atoms with E-state index in [9.17, 15) is 4.79 Å². The van der Waals surface area contributed by atoms with Crippen molar-refractivity contribution in [2.24, 2.45) is 0 Å². The van der Waals surface area contributed by atoms with Gasteiger partial charge in [0.05, 0.1) is 31.3 Å². The molecule has 1 atom stereocenters. The normalized spacial score (nSPS) is 19.2. The largest absolute Gasteiger partial charge is 0.495 e. The van der Waals surface area contributed by atoms with Gasteiger partial charge in [0, 0.05) is 12.0 Å². The van der Waals surface area contributed by atoms with Crippen LogP contribution in [0.25, 0.3) is 10.8 Å². The van der Waals surface area contributed by atoms with E-state index >= 15 is 0 Å². The van der Waals surface area contributed by atoms with E-state index in [1.165, 1.54) is 0 Å². The van der Waals surface area contributed by atoms with E-state index in [-0.39, 0.29) is 11.6 Å². The zero-order chi connectivity index (χ0) is 14.1. The number of hydrogen-bond acceptors (Lipinski definition) is 3. The Labute approximate surface area is 117 Å². The van der Waals surface area contributed by atoms with Crippen molar-refractivity contribution in [1.29, 1.82) is 0 Å². The zero-order valence-corrected chi connectivity index (χ0v) is 11.9. The lowest BCUT2D eigenvalue weighted by atomic mass is 10.1. The molecule has 0 radical (unpaired) electrons. The summed E-state index contributed by atoms with van der Waals surface area (Å²) in [5, 5.41) is 1.59. The fourth-order valence-electron chi connectivity index (χ4n) is 2.82. The first-order valence-electron chi connectivity index (χ1n) is 6.98. The number of hydrogen-bond donors (Lipinski definition) is 0. The Morgan fingerprint density at radius 3 is 2.90 bits per heavy atom. The van der Waals surface area contributed by atoms with Crippen LogP contribution in [0.3, 0.4) is 0 Å². The van der Waals surface area contributed by atoms with Crippen molar-refractivity contribution in [2.75, 3.05) is 20.3 Å². The number of fused-ring (bicyclic) bond motifs is 1. The third-order valence-corrected chi connectivity index (χ3v) is 3.91. The van der Waals surface area contributed by atoms with Crippen LogP contribution in [0.5, 0.6) is 5.75 Å². The summed E-state index contributed by atoms with van der Waals surface area (Å²) in [7, 11) is 1.64. The second-order valence-corrected chi connectivity index (χ2v) is 5.33. The summed E-state index contributed by atoms with van der Waals surface area (Å²) >= 11 is 0. The smallest absolute Gasteiger partial charge is 0.259 e. The quantitative estimate of drug-likeness (QED) is 0.844. The number of aromatic nitrogens is 1. The third kappa shape index (κ3) is 2.20. The average molecular weight is 273 g/mol. The lowest BCUT2D eigenvalue weighted by molar-refractivity contribution is 0.0579. The van der Waals surface area contributed by atoms with Gasteiger partial charge in [-0.25, -0.2) is 0 Å². The summed E-state index contributed by atoms with van der Waals surface area (Å²) in [6.45, 7) is 3.38. The number of rotatable bonds is 2. The maximum atomic E-state index is 12.7. The van der Waals surface area contributed by atoms with E-state index in [4.69, 9.17) is 9.47 Å². The summed E-state index contributed by atoms with van der Waals surface area (Å²) in [6, 6.07) is 5.99. The van der Waals surface area contributed by atoms with Gasteiger partial charge in [-0.05, 0) is 25.8 Å². The van der Waals surface area contributed by atoms with E-state index in [0.717, 1.165) is 41.5 Å². The molecule has 106 valence electrons. The van der Waals surface area contributed by atoms with E-state index in [2.05, 4.69) is 0 Å². The molecule has 0 saturated carbocycles. The topological polar surface area (TPSA) is 40.5 Å². The monoisotopic (exact) mass is 273 g/mol. The summed E-state index contributed by atoms with van der Waals surface area (Å²) in [5.41, 5.74) is 1.12. The molecule has 4 heteroatoms. The lowest BCUT2D eigenvalue weighted by Gasteiger charge is -2.25. The Hall–Kier alpha value is -1.81. The molecular weight excluding hydrogens is 254 g/mol. The van der Waals surface area contributed by atoms with Crippen LogP contribution < -0.4 is 10.3 Å². The maximum absolute atomic E-state index is 12.7. The van der Waals surface area contributed by atoms with Gasteiger partial charge in [-0.3, -0.25) is 4.79 Å². The molecule has 0 amide bonds.